The van der Waals surface area contributed by atoms with E-state index in [1.807, 2.05) is 26.8 Å². The van der Waals surface area contributed by atoms with Gasteiger partial charge in [0.05, 0.1) is 0 Å². The van der Waals surface area contributed by atoms with Crippen LogP contribution in [0.25, 0.3) is 0 Å². The number of hydrogen-bond donors (Lipinski definition) is 1. The zero-order chi connectivity index (χ0) is 15.1. The molecule has 0 saturated carbocycles. The Labute approximate surface area is 118 Å². The molecule has 2 atom stereocenters. The lowest BCUT2D eigenvalue weighted by atomic mass is 10.0. The smallest absolute Gasteiger partial charge is 0.426 e. The van der Waals surface area contributed by atoms with Crippen LogP contribution < -0.4 is 4.48 Å². The maximum absolute atomic E-state index is 12.8. The number of nitrogens with zero attached hydrogens (tertiary/aromatic N) is 3. The maximum Gasteiger partial charge on any atom is 0.426 e. The fourth-order valence-corrected chi connectivity index (χ4v) is 2.78. The SMILES string of the molecule is CN1C(=O)[N+](c2ccccn2)(C(C)(C)C)CC1C(=O)O. The standard InChI is InChI=1S/C14H19N3O3/c1-14(2,3)17(11-7-5-6-8-15-11)9-10(12(18)19)16(4)13(17)20/h5-8,10H,9H2,1-4H3/p+1. The van der Waals surface area contributed by atoms with Crippen LogP contribution in [0.2, 0.25) is 0 Å². The average Bonchev–Trinajstić information content (AvgIpc) is 2.64. The Morgan fingerprint density at radius 3 is 2.50 bits per heavy atom. The Morgan fingerprint density at radius 2 is 2.10 bits per heavy atom. The summed E-state index contributed by atoms with van der Waals surface area (Å²) in [6, 6.07) is 4.31. The molecule has 0 aliphatic carbocycles. The molecule has 0 aromatic carbocycles. The van der Waals surface area contributed by atoms with Crippen LogP contribution >= 0.6 is 0 Å². The number of carboxylic acid groups (broad SMARTS) is 1. The van der Waals surface area contributed by atoms with Crippen molar-refractivity contribution in [3.63, 3.8) is 0 Å². The van der Waals surface area contributed by atoms with Crippen LogP contribution in [0.1, 0.15) is 20.8 Å². The first-order valence-corrected chi connectivity index (χ1v) is 6.52. The molecule has 1 aliphatic heterocycles. The highest BCUT2D eigenvalue weighted by Gasteiger charge is 2.61. The fourth-order valence-electron chi connectivity index (χ4n) is 2.78. The number of pyridine rings is 1. The summed E-state index contributed by atoms with van der Waals surface area (Å²) in [6.45, 7) is 5.97. The predicted molar refractivity (Wildman–Crippen MR) is 75.2 cm³/mol. The summed E-state index contributed by atoms with van der Waals surface area (Å²) in [7, 11) is 1.54. The fraction of sp³-hybridized carbons (Fsp3) is 0.500. The van der Waals surface area contributed by atoms with Gasteiger partial charge in [-0.1, -0.05) is 6.07 Å². The molecule has 2 heterocycles. The van der Waals surface area contributed by atoms with Crippen LogP contribution in [0.15, 0.2) is 24.4 Å². The van der Waals surface area contributed by atoms with Gasteiger partial charge in [-0.3, -0.25) is 4.90 Å². The molecule has 2 unspecified atom stereocenters. The van der Waals surface area contributed by atoms with Crippen molar-refractivity contribution in [3.05, 3.63) is 24.4 Å². The van der Waals surface area contributed by atoms with Crippen molar-refractivity contribution >= 4 is 17.8 Å². The molecule has 1 aromatic heterocycles. The first-order chi connectivity index (χ1) is 9.22. The Bertz CT molecular complexity index is 538. The van der Waals surface area contributed by atoms with Gasteiger partial charge in [-0.2, -0.15) is 4.48 Å². The Morgan fingerprint density at radius 1 is 1.45 bits per heavy atom. The molecule has 1 saturated heterocycles. The lowest BCUT2D eigenvalue weighted by molar-refractivity contribution is -0.140. The molecule has 1 aromatic rings. The number of likely N-dealkylation sites (N-methyl/N-ethyl adjacent to an activating group) is 1. The quantitative estimate of drug-likeness (QED) is 0.836. The van der Waals surface area contributed by atoms with E-state index in [4.69, 9.17) is 0 Å². The number of carbonyl (C=O) groups is 2. The second-order valence-corrected chi connectivity index (χ2v) is 6.10. The van der Waals surface area contributed by atoms with E-state index in [0.29, 0.717) is 5.82 Å². The molecule has 20 heavy (non-hydrogen) atoms. The predicted octanol–water partition coefficient (Wildman–Crippen LogP) is 1.71. The van der Waals surface area contributed by atoms with Gasteiger partial charge in [0.15, 0.2) is 6.04 Å². The topological polar surface area (TPSA) is 70.5 Å². The highest BCUT2D eigenvalue weighted by molar-refractivity contribution is 5.95. The lowest BCUT2D eigenvalue weighted by Gasteiger charge is -2.40. The Kier molecular flexibility index (Phi) is 3.29. The lowest BCUT2D eigenvalue weighted by Crippen LogP contribution is -2.64. The number of carboxylic acids is 1. The number of amides is 2. The summed E-state index contributed by atoms with van der Waals surface area (Å²) in [5, 5.41) is 9.32. The minimum atomic E-state index is -0.985. The molecule has 1 N–H and O–H groups in total. The van der Waals surface area contributed by atoms with Gasteiger partial charge in [0.2, 0.25) is 5.82 Å². The van der Waals surface area contributed by atoms with E-state index in [1.54, 1.807) is 18.3 Å². The van der Waals surface area contributed by atoms with Crippen molar-refractivity contribution in [1.29, 1.82) is 0 Å². The van der Waals surface area contributed by atoms with E-state index in [9.17, 15) is 14.7 Å². The Balaban J connectivity index is 2.62. The first-order valence-electron chi connectivity index (χ1n) is 6.52. The molecular weight excluding hydrogens is 258 g/mol. The van der Waals surface area contributed by atoms with E-state index in [0.717, 1.165) is 0 Å². The van der Waals surface area contributed by atoms with Crippen molar-refractivity contribution in [3.8, 4) is 0 Å². The van der Waals surface area contributed by atoms with Crippen LogP contribution in [-0.2, 0) is 4.79 Å². The number of hydrogen-bond acceptors (Lipinski definition) is 3. The highest BCUT2D eigenvalue weighted by atomic mass is 16.4. The normalized spacial score (nSPS) is 26.9. The largest absolute Gasteiger partial charge is 0.480 e. The molecule has 108 valence electrons. The van der Waals surface area contributed by atoms with Gasteiger partial charge in [-0.15, -0.1) is 0 Å². The van der Waals surface area contributed by atoms with Gasteiger partial charge in [0.25, 0.3) is 0 Å². The molecule has 2 rings (SSSR count). The summed E-state index contributed by atoms with van der Waals surface area (Å²) in [6.07, 6.45) is 1.63. The van der Waals surface area contributed by atoms with Crippen LogP contribution in [0.5, 0.6) is 0 Å². The Hall–Kier alpha value is -1.95. The number of aromatic nitrogens is 1. The molecule has 6 nitrogen and oxygen atoms in total. The van der Waals surface area contributed by atoms with E-state index >= 15 is 0 Å². The molecule has 0 radical (unpaired) electrons. The zero-order valence-corrected chi connectivity index (χ0v) is 12.2. The minimum Gasteiger partial charge on any atom is -0.480 e. The summed E-state index contributed by atoms with van der Waals surface area (Å²) in [5.74, 6) is -0.401. The number of rotatable bonds is 2. The second kappa shape index (κ2) is 4.56. The van der Waals surface area contributed by atoms with Crippen LogP contribution in [-0.4, -0.2) is 52.2 Å². The van der Waals surface area contributed by atoms with Gasteiger partial charge < -0.3 is 5.11 Å². The average molecular weight is 278 g/mol. The van der Waals surface area contributed by atoms with E-state index in [2.05, 4.69) is 4.98 Å². The summed E-state index contributed by atoms with van der Waals surface area (Å²) in [4.78, 5) is 29.8. The van der Waals surface area contributed by atoms with Crippen LogP contribution in [0.3, 0.4) is 0 Å². The van der Waals surface area contributed by atoms with E-state index in [1.165, 1.54) is 11.9 Å². The van der Waals surface area contributed by atoms with E-state index < -0.39 is 17.6 Å². The van der Waals surface area contributed by atoms with Crippen molar-refractivity contribution in [2.45, 2.75) is 32.4 Å². The van der Waals surface area contributed by atoms with Gasteiger partial charge in [-0.05, 0) is 26.8 Å². The molecule has 0 bridgehead atoms. The number of aliphatic carboxylic acids is 1. The summed E-state index contributed by atoms with van der Waals surface area (Å²) < 4.78 is -0.0820. The van der Waals surface area contributed by atoms with Crippen molar-refractivity contribution in [1.82, 2.24) is 14.4 Å². The van der Waals surface area contributed by atoms with Gasteiger partial charge in [-0.25, -0.2) is 14.6 Å². The molecule has 1 aliphatic rings. The third-order valence-electron chi connectivity index (χ3n) is 4.01. The van der Waals surface area contributed by atoms with Crippen molar-refractivity contribution in [2.24, 2.45) is 0 Å². The van der Waals surface area contributed by atoms with Gasteiger partial charge in [0, 0.05) is 19.3 Å². The summed E-state index contributed by atoms with van der Waals surface area (Å²) in [5.41, 5.74) is -0.482. The third kappa shape index (κ3) is 1.87. The molecule has 6 heteroatoms. The van der Waals surface area contributed by atoms with Gasteiger partial charge >= 0.3 is 12.0 Å². The van der Waals surface area contributed by atoms with Gasteiger partial charge in [0.1, 0.15) is 12.1 Å². The molecule has 1 fully saturated rings. The maximum atomic E-state index is 12.8. The summed E-state index contributed by atoms with van der Waals surface area (Å²) >= 11 is 0. The second-order valence-electron chi connectivity index (χ2n) is 6.10. The van der Waals surface area contributed by atoms with E-state index in [-0.39, 0.29) is 17.1 Å². The number of urea groups is 1. The number of carbonyl (C=O) groups excluding carboxylic acids is 1. The van der Waals surface area contributed by atoms with Crippen LogP contribution in [0, 0.1) is 0 Å². The molecule has 0 spiro atoms. The van der Waals surface area contributed by atoms with Crippen LogP contribution in [0.4, 0.5) is 10.6 Å². The minimum absolute atomic E-state index is 0.0820. The van der Waals surface area contributed by atoms with Crippen molar-refractivity contribution in [2.75, 3.05) is 13.6 Å². The number of quaternary nitrogens is 1. The molecule has 2 amide bonds. The molecular formula is C14H20N3O3+. The highest BCUT2D eigenvalue weighted by Crippen LogP contribution is 2.38. The monoisotopic (exact) mass is 278 g/mol. The third-order valence-corrected chi connectivity index (χ3v) is 4.01. The zero-order valence-electron chi connectivity index (χ0n) is 12.2. The van der Waals surface area contributed by atoms with Crippen molar-refractivity contribution < 1.29 is 14.7 Å². The first kappa shape index (κ1) is 14.5.